The van der Waals surface area contributed by atoms with E-state index < -0.39 is 16.0 Å². The number of hydrogen-bond donors (Lipinski definition) is 1. The van der Waals surface area contributed by atoms with E-state index in [1.165, 1.54) is 6.08 Å². The number of nitrogens with zero attached hydrogens (tertiary/aromatic N) is 1. The molecule has 1 aliphatic heterocycles. The number of carbonyl (C=O) groups excluding carboxylic acids is 1. The number of benzene rings is 2. The second-order valence-electron chi connectivity index (χ2n) is 6.99. The van der Waals surface area contributed by atoms with Gasteiger partial charge in [0.15, 0.2) is 0 Å². The maximum absolute atomic E-state index is 12.7. The summed E-state index contributed by atoms with van der Waals surface area (Å²) in [6.45, 7) is 6.22. The highest BCUT2D eigenvalue weighted by Crippen LogP contribution is 2.24. The van der Waals surface area contributed by atoms with E-state index in [0.717, 1.165) is 11.1 Å². The van der Waals surface area contributed by atoms with Gasteiger partial charge < -0.3 is 4.74 Å². The molecule has 1 saturated heterocycles. The number of aryl methyl sites for hydroxylation is 3. The Morgan fingerprint density at radius 2 is 1.82 bits per heavy atom. The largest absolute Gasteiger partial charge is 0.458 e. The van der Waals surface area contributed by atoms with E-state index in [9.17, 15) is 13.2 Å². The molecule has 0 saturated carbocycles. The Kier molecular flexibility index (Phi) is 5.98. The van der Waals surface area contributed by atoms with Crippen LogP contribution < -0.4 is 4.83 Å². The Bertz CT molecular complexity index is 977. The molecule has 1 aliphatic rings. The highest BCUT2D eigenvalue weighted by molar-refractivity contribution is 7.89. The topological polar surface area (TPSA) is 75.5 Å². The van der Waals surface area contributed by atoms with Crippen LogP contribution in [0.25, 0.3) is 0 Å². The Morgan fingerprint density at radius 1 is 1.18 bits per heavy atom. The summed E-state index contributed by atoms with van der Waals surface area (Å²) in [6.07, 6.45) is 2.98. The fourth-order valence-corrected chi connectivity index (χ4v) is 4.76. The second-order valence-corrected chi connectivity index (χ2v) is 8.59. The van der Waals surface area contributed by atoms with E-state index >= 15 is 0 Å². The number of rotatable bonds is 7. The van der Waals surface area contributed by atoms with Crippen molar-refractivity contribution in [3.8, 4) is 0 Å². The number of carbonyl (C=O) groups is 1. The van der Waals surface area contributed by atoms with Gasteiger partial charge in [-0.25, -0.2) is 18.2 Å². The number of sulfonamides is 1. The number of esters is 1. The third-order valence-corrected chi connectivity index (χ3v) is 6.10. The van der Waals surface area contributed by atoms with Crippen molar-refractivity contribution in [2.45, 2.75) is 38.3 Å². The summed E-state index contributed by atoms with van der Waals surface area (Å²) in [7, 11) is -3.67. The molecule has 2 atom stereocenters. The lowest BCUT2D eigenvalue weighted by molar-refractivity contribution is -0.139. The van der Waals surface area contributed by atoms with Gasteiger partial charge in [0.1, 0.15) is 6.61 Å². The van der Waals surface area contributed by atoms with Gasteiger partial charge in [0, 0.05) is 12.6 Å². The van der Waals surface area contributed by atoms with Gasteiger partial charge in [0.25, 0.3) is 10.0 Å². The minimum absolute atomic E-state index is 0.162. The number of hydrazine groups is 1. The Labute approximate surface area is 165 Å². The molecule has 2 aromatic carbocycles. The van der Waals surface area contributed by atoms with Gasteiger partial charge in [0.05, 0.1) is 10.9 Å². The van der Waals surface area contributed by atoms with Crippen LogP contribution in [0.4, 0.5) is 0 Å². The molecule has 148 valence electrons. The van der Waals surface area contributed by atoms with Crippen LogP contribution in [0, 0.1) is 20.8 Å². The monoisotopic (exact) mass is 400 g/mol. The van der Waals surface area contributed by atoms with Crippen LogP contribution in [-0.4, -0.2) is 32.0 Å². The molecular weight excluding hydrogens is 376 g/mol. The van der Waals surface area contributed by atoms with Gasteiger partial charge in [-0.2, -0.15) is 0 Å². The lowest BCUT2D eigenvalue weighted by Gasteiger charge is -2.13. The molecule has 0 amide bonds. The molecule has 0 spiro atoms. The van der Waals surface area contributed by atoms with E-state index in [0.29, 0.717) is 22.6 Å². The molecule has 0 aromatic heterocycles. The number of ether oxygens (including phenoxy) is 1. The quantitative estimate of drug-likeness (QED) is 0.439. The highest BCUT2D eigenvalue weighted by atomic mass is 32.2. The van der Waals surface area contributed by atoms with Crippen molar-refractivity contribution < 1.29 is 17.9 Å². The molecule has 1 heterocycles. The molecule has 6 nitrogen and oxygen atoms in total. The first-order chi connectivity index (χ1) is 13.3. The SMILES string of the molecule is Cc1cc(C)c(S(=O)(=O)NN2C[C@H]2/C=C/C(=O)OCc2ccccc2)c(C)c1. The maximum Gasteiger partial charge on any atom is 0.330 e. The van der Waals surface area contributed by atoms with E-state index in [4.69, 9.17) is 4.74 Å². The molecule has 3 rings (SSSR count). The lowest BCUT2D eigenvalue weighted by atomic mass is 10.1. The summed E-state index contributed by atoms with van der Waals surface area (Å²) in [5, 5.41) is 1.56. The van der Waals surface area contributed by atoms with Crippen molar-refractivity contribution in [1.82, 2.24) is 9.84 Å². The Hall–Kier alpha value is -2.48. The standard InChI is InChI=1S/C21H24N2O4S/c1-15-11-16(2)21(17(3)12-15)28(25,26)22-23-13-19(23)9-10-20(24)27-14-18-7-5-4-6-8-18/h4-12,19,22H,13-14H2,1-3H3/b10-9+/t19-,23?/m1/s1. The van der Waals surface area contributed by atoms with Crippen molar-refractivity contribution in [3.05, 3.63) is 76.9 Å². The molecule has 28 heavy (non-hydrogen) atoms. The first-order valence-electron chi connectivity index (χ1n) is 9.02. The Morgan fingerprint density at radius 3 is 2.46 bits per heavy atom. The first-order valence-corrected chi connectivity index (χ1v) is 10.5. The lowest BCUT2D eigenvalue weighted by Crippen LogP contribution is -2.31. The van der Waals surface area contributed by atoms with Crippen LogP contribution in [0.15, 0.2) is 59.5 Å². The van der Waals surface area contributed by atoms with Crippen molar-refractivity contribution in [3.63, 3.8) is 0 Å². The van der Waals surface area contributed by atoms with E-state index in [-0.39, 0.29) is 12.6 Å². The smallest absolute Gasteiger partial charge is 0.330 e. The van der Waals surface area contributed by atoms with Crippen molar-refractivity contribution in [1.29, 1.82) is 0 Å². The summed E-state index contributed by atoms with van der Waals surface area (Å²) in [5.74, 6) is -0.455. The van der Waals surface area contributed by atoms with Crippen LogP contribution in [-0.2, 0) is 26.2 Å². The Balaban J connectivity index is 1.54. The summed E-state index contributed by atoms with van der Waals surface area (Å²) in [4.78, 5) is 14.7. The van der Waals surface area contributed by atoms with E-state index in [1.54, 1.807) is 24.9 Å². The molecule has 0 aliphatic carbocycles. The average Bonchev–Trinajstić information content (AvgIpc) is 3.34. The third-order valence-electron chi connectivity index (χ3n) is 4.44. The van der Waals surface area contributed by atoms with Gasteiger partial charge in [-0.3, -0.25) is 0 Å². The third kappa shape index (κ3) is 5.07. The minimum Gasteiger partial charge on any atom is -0.458 e. The molecule has 7 heteroatoms. The summed E-state index contributed by atoms with van der Waals surface area (Å²) < 4.78 is 30.6. The van der Waals surface area contributed by atoms with Crippen LogP contribution in [0.3, 0.4) is 0 Å². The van der Waals surface area contributed by atoms with Crippen LogP contribution in [0.2, 0.25) is 0 Å². The zero-order valence-electron chi connectivity index (χ0n) is 16.2. The van der Waals surface area contributed by atoms with Gasteiger partial charge in [-0.05, 0) is 37.5 Å². The zero-order valence-corrected chi connectivity index (χ0v) is 17.0. The van der Waals surface area contributed by atoms with Crippen LogP contribution >= 0.6 is 0 Å². The molecule has 1 fully saturated rings. The molecule has 1 unspecified atom stereocenters. The number of nitrogens with one attached hydrogen (secondary N) is 1. The predicted octanol–water partition coefficient (Wildman–Crippen LogP) is 2.79. The summed E-state index contributed by atoms with van der Waals surface area (Å²) in [5.41, 5.74) is 3.36. The molecule has 2 aromatic rings. The molecule has 0 bridgehead atoms. The number of hydrogen-bond acceptors (Lipinski definition) is 5. The van der Waals surface area contributed by atoms with Crippen molar-refractivity contribution >= 4 is 16.0 Å². The minimum atomic E-state index is -3.67. The normalized spacial score (nSPS) is 19.0. The van der Waals surface area contributed by atoms with Gasteiger partial charge in [0.2, 0.25) is 0 Å². The molecular formula is C21H24N2O4S. The average molecular weight is 401 g/mol. The van der Waals surface area contributed by atoms with Crippen molar-refractivity contribution in [2.75, 3.05) is 6.54 Å². The molecule has 1 N–H and O–H groups in total. The highest BCUT2D eigenvalue weighted by Gasteiger charge is 2.36. The maximum atomic E-state index is 12.7. The fraction of sp³-hybridized carbons (Fsp3) is 0.286. The predicted molar refractivity (Wildman–Crippen MR) is 107 cm³/mol. The van der Waals surface area contributed by atoms with E-state index in [1.807, 2.05) is 49.4 Å². The molecule has 0 radical (unpaired) electrons. The van der Waals surface area contributed by atoms with Gasteiger partial charge >= 0.3 is 5.97 Å². The van der Waals surface area contributed by atoms with Crippen molar-refractivity contribution in [2.24, 2.45) is 0 Å². The van der Waals surface area contributed by atoms with Crippen LogP contribution in [0.1, 0.15) is 22.3 Å². The van der Waals surface area contributed by atoms with Crippen LogP contribution in [0.5, 0.6) is 0 Å². The van der Waals surface area contributed by atoms with E-state index in [2.05, 4.69) is 4.83 Å². The first kappa shape index (κ1) is 20.3. The summed E-state index contributed by atoms with van der Waals surface area (Å²) in [6, 6.07) is 13.0. The van der Waals surface area contributed by atoms with Gasteiger partial charge in [-0.1, -0.05) is 54.1 Å². The second kappa shape index (κ2) is 8.26. The fourth-order valence-electron chi connectivity index (χ4n) is 3.18. The zero-order chi connectivity index (χ0) is 20.3. The van der Waals surface area contributed by atoms with Gasteiger partial charge in [-0.15, -0.1) is 4.83 Å². The summed E-state index contributed by atoms with van der Waals surface area (Å²) >= 11 is 0.